The number of rotatable bonds is 4. The topological polar surface area (TPSA) is 44.5 Å². The van der Waals surface area contributed by atoms with Gasteiger partial charge in [-0.05, 0) is 30.7 Å². The van der Waals surface area contributed by atoms with Gasteiger partial charge < -0.3 is 15.2 Å². The summed E-state index contributed by atoms with van der Waals surface area (Å²) in [6, 6.07) is 13.5. The van der Waals surface area contributed by atoms with Crippen molar-refractivity contribution in [3.63, 3.8) is 0 Å². The predicted molar refractivity (Wildman–Crippen MR) is 72.9 cm³/mol. The average Bonchev–Trinajstić information content (AvgIpc) is 2.40. The van der Waals surface area contributed by atoms with Gasteiger partial charge in [0.25, 0.3) is 0 Å². The summed E-state index contributed by atoms with van der Waals surface area (Å²) in [6.07, 6.45) is 0. The van der Waals surface area contributed by atoms with Gasteiger partial charge in [0.05, 0.1) is 12.8 Å². The highest BCUT2D eigenvalue weighted by atomic mass is 16.5. The molecule has 0 aromatic heterocycles. The summed E-state index contributed by atoms with van der Waals surface area (Å²) >= 11 is 0. The second kappa shape index (κ2) is 5.45. The highest BCUT2D eigenvalue weighted by Gasteiger charge is 2.05. The standard InChI is InChI=1S/C15H17NO2/c1-11-7-8-13(16)15(9-11)18-10-12-5-3-4-6-14(12)17-2/h3-9H,10,16H2,1-2H3. The maximum atomic E-state index is 5.87. The number of benzene rings is 2. The normalized spacial score (nSPS) is 10.1. The van der Waals surface area contributed by atoms with Crippen LogP contribution in [0.4, 0.5) is 5.69 Å². The zero-order valence-corrected chi connectivity index (χ0v) is 10.6. The van der Waals surface area contributed by atoms with Gasteiger partial charge in [-0.1, -0.05) is 24.3 Å². The minimum Gasteiger partial charge on any atom is -0.496 e. The molecule has 0 fully saturated rings. The second-order valence-electron chi connectivity index (χ2n) is 4.14. The van der Waals surface area contributed by atoms with Gasteiger partial charge in [-0.3, -0.25) is 0 Å². The average molecular weight is 243 g/mol. The van der Waals surface area contributed by atoms with E-state index in [-0.39, 0.29) is 0 Å². The van der Waals surface area contributed by atoms with Gasteiger partial charge in [-0.15, -0.1) is 0 Å². The van der Waals surface area contributed by atoms with Crippen LogP contribution in [0.5, 0.6) is 11.5 Å². The Kier molecular flexibility index (Phi) is 3.72. The van der Waals surface area contributed by atoms with E-state index in [1.54, 1.807) is 7.11 Å². The van der Waals surface area contributed by atoms with Crippen molar-refractivity contribution in [1.29, 1.82) is 0 Å². The van der Waals surface area contributed by atoms with Crippen LogP contribution in [0.1, 0.15) is 11.1 Å². The molecule has 0 aliphatic carbocycles. The summed E-state index contributed by atoms with van der Waals surface area (Å²) in [6.45, 7) is 2.45. The van der Waals surface area contributed by atoms with Crippen molar-refractivity contribution in [2.45, 2.75) is 13.5 Å². The quantitative estimate of drug-likeness (QED) is 0.839. The Morgan fingerprint density at radius 3 is 2.61 bits per heavy atom. The second-order valence-corrected chi connectivity index (χ2v) is 4.14. The molecule has 0 bridgehead atoms. The predicted octanol–water partition coefficient (Wildman–Crippen LogP) is 3.16. The van der Waals surface area contributed by atoms with E-state index < -0.39 is 0 Å². The third kappa shape index (κ3) is 2.74. The van der Waals surface area contributed by atoms with Gasteiger partial charge in [-0.25, -0.2) is 0 Å². The molecule has 0 aliphatic rings. The SMILES string of the molecule is COc1ccccc1COc1cc(C)ccc1N. The van der Waals surface area contributed by atoms with E-state index in [0.29, 0.717) is 18.0 Å². The van der Waals surface area contributed by atoms with Crippen LogP contribution >= 0.6 is 0 Å². The fraction of sp³-hybridized carbons (Fsp3) is 0.200. The van der Waals surface area contributed by atoms with Gasteiger partial charge in [0, 0.05) is 5.56 Å². The molecule has 2 N–H and O–H groups in total. The van der Waals surface area contributed by atoms with Crippen LogP contribution < -0.4 is 15.2 Å². The Labute approximate surface area is 107 Å². The number of hydrogen-bond donors (Lipinski definition) is 1. The van der Waals surface area contributed by atoms with Crippen LogP contribution in [0.25, 0.3) is 0 Å². The summed E-state index contributed by atoms with van der Waals surface area (Å²) in [5.41, 5.74) is 8.64. The van der Waals surface area contributed by atoms with E-state index in [2.05, 4.69) is 0 Å². The molecule has 2 rings (SSSR count). The molecule has 2 aromatic rings. The number of aryl methyl sites for hydroxylation is 1. The molecule has 94 valence electrons. The van der Waals surface area contributed by atoms with Crippen molar-refractivity contribution in [3.05, 3.63) is 53.6 Å². The third-order valence-corrected chi connectivity index (χ3v) is 2.74. The van der Waals surface area contributed by atoms with Crippen LogP contribution in [0.3, 0.4) is 0 Å². The molecule has 3 heteroatoms. The number of methoxy groups -OCH3 is 1. The number of nitrogen functional groups attached to an aromatic ring is 1. The molecular formula is C15H17NO2. The van der Waals surface area contributed by atoms with Crippen LogP contribution in [0, 0.1) is 6.92 Å². The van der Waals surface area contributed by atoms with Crippen molar-refractivity contribution < 1.29 is 9.47 Å². The molecule has 18 heavy (non-hydrogen) atoms. The van der Waals surface area contributed by atoms with E-state index in [1.807, 2.05) is 49.4 Å². The minimum atomic E-state index is 0.442. The van der Waals surface area contributed by atoms with Crippen molar-refractivity contribution in [1.82, 2.24) is 0 Å². The number of anilines is 1. The molecule has 0 unspecified atom stereocenters. The molecular weight excluding hydrogens is 226 g/mol. The molecule has 0 saturated carbocycles. The van der Waals surface area contributed by atoms with Crippen LogP contribution in [0.15, 0.2) is 42.5 Å². The van der Waals surface area contributed by atoms with Crippen LogP contribution in [-0.4, -0.2) is 7.11 Å². The molecule has 0 radical (unpaired) electrons. The molecule has 0 spiro atoms. The highest BCUT2D eigenvalue weighted by molar-refractivity contribution is 5.53. The Morgan fingerprint density at radius 2 is 1.83 bits per heavy atom. The lowest BCUT2D eigenvalue weighted by Gasteiger charge is -2.12. The van der Waals surface area contributed by atoms with Gasteiger partial charge in [0.15, 0.2) is 0 Å². The maximum Gasteiger partial charge on any atom is 0.142 e. The molecule has 0 saturated heterocycles. The first-order valence-corrected chi connectivity index (χ1v) is 5.81. The zero-order chi connectivity index (χ0) is 13.0. The lowest BCUT2D eigenvalue weighted by Crippen LogP contribution is -2.01. The van der Waals surface area contributed by atoms with E-state index in [9.17, 15) is 0 Å². The highest BCUT2D eigenvalue weighted by Crippen LogP contribution is 2.25. The van der Waals surface area contributed by atoms with E-state index in [4.69, 9.17) is 15.2 Å². The molecule has 0 amide bonds. The van der Waals surface area contributed by atoms with Crippen molar-refractivity contribution in [3.8, 4) is 11.5 Å². The Balaban J connectivity index is 2.14. The third-order valence-electron chi connectivity index (χ3n) is 2.74. The van der Waals surface area contributed by atoms with Gasteiger partial charge in [-0.2, -0.15) is 0 Å². The van der Waals surface area contributed by atoms with Crippen molar-refractivity contribution in [2.75, 3.05) is 12.8 Å². The first-order valence-electron chi connectivity index (χ1n) is 5.81. The Hall–Kier alpha value is -2.16. The maximum absolute atomic E-state index is 5.87. The van der Waals surface area contributed by atoms with Crippen molar-refractivity contribution in [2.24, 2.45) is 0 Å². The van der Waals surface area contributed by atoms with Crippen LogP contribution in [0.2, 0.25) is 0 Å². The number of nitrogens with two attached hydrogens (primary N) is 1. The summed E-state index contributed by atoms with van der Waals surface area (Å²) in [5, 5.41) is 0. The van der Waals surface area contributed by atoms with Crippen molar-refractivity contribution >= 4 is 5.69 Å². The first-order chi connectivity index (χ1) is 8.70. The van der Waals surface area contributed by atoms with Gasteiger partial charge in [0.2, 0.25) is 0 Å². The first kappa shape index (κ1) is 12.3. The van der Waals surface area contributed by atoms with E-state index in [0.717, 1.165) is 16.9 Å². The van der Waals surface area contributed by atoms with E-state index >= 15 is 0 Å². The minimum absolute atomic E-state index is 0.442. The number of ether oxygens (including phenoxy) is 2. The summed E-state index contributed by atoms with van der Waals surface area (Å²) in [4.78, 5) is 0. The Bertz CT molecular complexity index is 538. The fourth-order valence-corrected chi connectivity index (χ4v) is 1.74. The largest absolute Gasteiger partial charge is 0.496 e. The molecule has 0 aliphatic heterocycles. The fourth-order valence-electron chi connectivity index (χ4n) is 1.74. The monoisotopic (exact) mass is 243 g/mol. The van der Waals surface area contributed by atoms with Gasteiger partial charge in [0.1, 0.15) is 18.1 Å². The van der Waals surface area contributed by atoms with Crippen LogP contribution in [-0.2, 0) is 6.61 Å². The molecule has 2 aromatic carbocycles. The smallest absolute Gasteiger partial charge is 0.142 e. The lowest BCUT2D eigenvalue weighted by atomic mass is 10.2. The summed E-state index contributed by atoms with van der Waals surface area (Å²) in [5.74, 6) is 1.53. The molecule has 0 atom stereocenters. The molecule has 0 heterocycles. The Morgan fingerprint density at radius 1 is 1.06 bits per heavy atom. The summed E-state index contributed by atoms with van der Waals surface area (Å²) in [7, 11) is 1.65. The number of hydrogen-bond acceptors (Lipinski definition) is 3. The van der Waals surface area contributed by atoms with E-state index in [1.165, 1.54) is 0 Å². The lowest BCUT2D eigenvalue weighted by molar-refractivity contribution is 0.298. The van der Waals surface area contributed by atoms with Gasteiger partial charge >= 0.3 is 0 Å². The zero-order valence-electron chi connectivity index (χ0n) is 10.6. The summed E-state index contributed by atoms with van der Waals surface area (Å²) < 4.78 is 11.0. The molecule has 3 nitrogen and oxygen atoms in total. The number of para-hydroxylation sites is 1.